The lowest BCUT2D eigenvalue weighted by Gasteiger charge is -2.11. The molecule has 18 heavy (non-hydrogen) atoms. The monoisotopic (exact) mass is 300 g/mol. The van der Waals surface area contributed by atoms with Crippen molar-refractivity contribution in [2.45, 2.75) is 5.03 Å². The summed E-state index contributed by atoms with van der Waals surface area (Å²) in [5.41, 5.74) is 12.9. The zero-order valence-electron chi connectivity index (χ0n) is 9.45. The van der Waals surface area contributed by atoms with Crippen molar-refractivity contribution >= 4 is 46.7 Å². The Balaban J connectivity index is 2.70. The third-order valence-corrected chi connectivity index (χ3v) is 3.54. The first-order valence-electron chi connectivity index (χ1n) is 4.95. The van der Waals surface area contributed by atoms with Crippen LogP contribution in [0.2, 0.25) is 10.0 Å². The minimum absolute atomic E-state index is 0.144. The highest BCUT2D eigenvalue weighted by Gasteiger charge is 2.15. The van der Waals surface area contributed by atoms with Gasteiger partial charge >= 0.3 is 0 Å². The average molecular weight is 301 g/mol. The molecule has 0 amide bonds. The fourth-order valence-electron chi connectivity index (χ4n) is 1.57. The van der Waals surface area contributed by atoms with E-state index in [1.165, 1.54) is 11.8 Å². The highest BCUT2D eigenvalue weighted by atomic mass is 35.5. The Morgan fingerprint density at radius 1 is 1.17 bits per heavy atom. The number of rotatable bonds is 2. The van der Waals surface area contributed by atoms with Crippen LogP contribution in [0.5, 0.6) is 0 Å². The molecule has 4 nitrogen and oxygen atoms in total. The number of aromatic nitrogens is 2. The Kier molecular flexibility index (Phi) is 3.85. The number of nitrogens with zero attached hydrogens (tertiary/aromatic N) is 2. The summed E-state index contributed by atoms with van der Waals surface area (Å²) in [5.74, 6) is 0.446. The van der Waals surface area contributed by atoms with E-state index in [0.29, 0.717) is 26.5 Å². The molecule has 0 aliphatic heterocycles. The maximum Gasteiger partial charge on any atom is 0.223 e. The lowest BCUT2D eigenvalue weighted by molar-refractivity contribution is 1.08. The number of nitrogens with two attached hydrogens (primary N) is 2. The predicted molar refractivity (Wildman–Crippen MR) is 78.1 cm³/mol. The van der Waals surface area contributed by atoms with Gasteiger partial charge in [-0.2, -0.15) is 4.98 Å². The Labute approximate surface area is 119 Å². The molecule has 0 spiro atoms. The van der Waals surface area contributed by atoms with E-state index in [9.17, 15) is 0 Å². The Morgan fingerprint density at radius 3 is 2.50 bits per heavy atom. The molecule has 0 fully saturated rings. The maximum absolute atomic E-state index is 6.17. The number of hydrogen-bond acceptors (Lipinski definition) is 5. The summed E-state index contributed by atoms with van der Waals surface area (Å²) in [6.07, 6.45) is 1.88. The molecule has 0 saturated carbocycles. The molecule has 1 heterocycles. The highest BCUT2D eigenvalue weighted by molar-refractivity contribution is 7.98. The van der Waals surface area contributed by atoms with Crippen LogP contribution < -0.4 is 11.5 Å². The van der Waals surface area contributed by atoms with Gasteiger partial charge in [0.05, 0.1) is 10.6 Å². The van der Waals surface area contributed by atoms with Gasteiger partial charge in [0.1, 0.15) is 10.8 Å². The summed E-state index contributed by atoms with van der Waals surface area (Å²) in [5, 5.41) is 1.74. The van der Waals surface area contributed by atoms with Gasteiger partial charge in [0.25, 0.3) is 0 Å². The summed E-state index contributed by atoms with van der Waals surface area (Å²) in [6, 6.07) is 5.18. The molecule has 7 heteroatoms. The smallest absolute Gasteiger partial charge is 0.223 e. The molecule has 0 unspecified atom stereocenters. The maximum atomic E-state index is 6.17. The summed E-state index contributed by atoms with van der Waals surface area (Å²) in [6.45, 7) is 0. The Hall–Kier alpha value is -1.17. The zero-order valence-corrected chi connectivity index (χ0v) is 11.8. The van der Waals surface area contributed by atoms with Gasteiger partial charge in [-0.1, -0.05) is 29.3 Å². The van der Waals surface area contributed by atoms with Crippen molar-refractivity contribution in [1.82, 2.24) is 9.97 Å². The molecule has 0 radical (unpaired) electrons. The molecule has 0 saturated heterocycles. The topological polar surface area (TPSA) is 77.8 Å². The second kappa shape index (κ2) is 5.22. The van der Waals surface area contributed by atoms with Gasteiger partial charge in [-0.25, -0.2) is 4.98 Å². The fraction of sp³-hybridized carbons (Fsp3) is 0.0909. The van der Waals surface area contributed by atoms with Crippen LogP contribution in [0.3, 0.4) is 0 Å². The number of anilines is 2. The molecule has 94 valence electrons. The third-order valence-electron chi connectivity index (χ3n) is 2.31. The van der Waals surface area contributed by atoms with Crippen LogP contribution in [-0.2, 0) is 0 Å². The summed E-state index contributed by atoms with van der Waals surface area (Å²) >= 11 is 13.5. The predicted octanol–water partition coefficient (Wildman–Crippen LogP) is 3.34. The second-order valence-corrected chi connectivity index (χ2v) is 5.11. The van der Waals surface area contributed by atoms with E-state index in [1.54, 1.807) is 18.2 Å². The van der Waals surface area contributed by atoms with Crippen LogP contribution in [0.15, 0.2) is 23.2 Å². The standard InChI is InChI=1S/C11H10Cl2N4S/c1-18-10-8(9(14)16-11(15)17-10)6-3-2-5(12)4-7(6)13/h2-4H,1H3,(H4,14,15,16,17). The molecule has 1 aromatic carbocycles. The molecule has 0 aliphatic carbocycles. The van der Waals surface area contributed by atoms with Crippen molar-refractivity contribution < 1.29 is 0 Å². The number of nitrogen functional groups attached to an aromatic ring is 2. The average Bonchev–Trinajstić information content (AvgIpc) is 2.29. The first-order chi connectivity index (χ1) is 8.52. The summed E-state index contributed by atoms with van der Waals surface area (Å²) in [4.78, 5) is 8.11. The van der Waals surface area contributed by atoms with E-state index < -0.39 is 0 Å². The molecule has 2 aromatic rings. The zero-order chi connectivity index (χ0) is 13.3. The molecule has 2 rings (SSSR count). The van der Waals surface area contributed by atoms with Crippen molar-refractivity contribution in [3.8, 4) is 11.1 Å². The van der Waals surface area contributed by atoms with E-state index >= 15 is 0 Å². The van der Waals surface area contributed by atoms with Crippen LogP contribution >= 0.6 is 35.0 Å². The van der Waals surface area contributed by atoms with Crippen LogP contribution in [0.4, 0.5) is 11.8 Å². The van der Waals surface area contributed by atoms with E-state index in [2.05, 4.69) is 9.97 Å². The van der Waals surface area contributed by atoms with Crippen molar-refractivity contribution in [2.24, 2.45) is 0 Å². The van der Waals surface area contributed by atoms with Crippen molar-refractivity contribution in [3.05, 3.63) is 28.2 Å². The van der Waals surface area contributed by atoms with Crippen LogP contribution in [0.25, 0.3) is 11.1 Å². The Bertz CT molecular complexity index is 604. The highest BCUT2D eigenvalue weighted by Crippen LogP contribution is 2.38. The van der Waals surface area contributed by atoms with E-state index in [4.69, 9.17) is 34.7 Å². The summed E-state index contributed by atoms with van der Waals surface area (Å²) in [7, 11) is 0. The number of thioether (sulfide) groups is 1. The molecule has 1 aromatic heterocycles. The van der Waals surface area contributed by atoms with Crippen LogP contribution in [0.1, 0.15) is 0 Å². The first-order valence-corrected chi connectivity index (χ1v) is 6.93. The minimum atomic E-state index is 0.144. The van der Waals surface area contributed by atoms with Gasteiger partial charge in [-0.3, -0.25) is 0 Å². The van der Waals surface area contributed by atoms with Crippen molar-refractivity contribution in [1.29, 1.82) is 0 Å². The van der Waals surface area contributed by atoms with Crippen LogP contribution in [0, 0.1) is 0 Å². The van der Waals surface area contributed by atoms with Crippen molar-refractivity contribution in [3.63, 3.8) is 0 Å². The van der Waals surface area contributed by atoms with Gasteiger partial charge in [0, 0.05) is 10.6 Å². The molecule has 4 N–H and O–H groups in total. The third kappa shape index (κ3) is 2.48. The normalized spacial score (nSPS) is 10.6. The van der Waals surface area contributed by atoms with Crippen LogP contribution in [-0.4, -0.2) is 16.2 Å². The van der Waals surface area contributed by atoms with Gasteiger partial charge < -0.3 is 11.5 Å². The second-order valence-electron chi connectivity index (χ2n) is 3.48. The van der Waals surface area contributed by atoms with Crippen molar-refractivity contribution in [2.75, 3.05) is 17.7 Å². The lowest BCUT2D eigenvalue weighted by Crippen LogP contribution is -2.04. The number of hydrogen-bond donors (Lipinski definition) is 2. The van der Waals surface area contributed by atoms with Gasteiger partial charge in [-0.15, -0.1) is 11.8 Å². The Morgan fingerprint density at radius 2 is 1.89 bits per heavy atom. The number of halogens is 2. The quantitative estimate of drug-likeness (QED) is 0.657. The lowest BCUT2D eigenvalue weighted by atomic mass is 10.1. The molecule has 0 aliphatic rings. The first kappa shape index (κ1) is 13.3. The van der Waals surface area contributed by atoms with E-state index in [1.807, 2.05) is 6.26 Å². The molecule has 0 bridgehead atoms. The summed E-state index contributed by atoms with van der Waals surface area (Å²) < 4.78 is 0. The van der Waals surface area contributed by atoms with Gasteiger partial charge in [0.15, 0.2) is 0 Å². The van der Waals surface area contributed by atoms with Gasteiger partial charge in [-0.05, 0) is 18.4 Å². The van der Waals surface area contributed by atoms with Gasteiger partial charge in [0.2, 0.25) is 5.95 Å². The molecular weight excluding hydrogens is 291 g/mol. The minimum Gasteiger partial charge on any atom is -0.383 e. The SMILES string of the molecule is CSc1nc(N)nc(N)c1-c1ccc(Cl)cc1Cl. The molecular formula is C11H10Cl2N4S. The fourth-order valence-corrected chi connectivity index (χ4v) is 2.67. The largest absolute Gasteiger partial charge is 0.383 e. The van der Waals surface area contributed by atoms with E-state index in [0.717, 1.165) is 5.56 Å². The number of benzene rings is 1. The molecule has 0 atom stereocenters. The van der Waals surface area contributed by atoms with E-state index in [-0.39, 0.29) is 5.95 Å².